The van der Waals surface area contributed by atoms with Crippen LogP contribution in [0.3, 0.4) is 0 Å². The topological polar surface area (TPSA) is 92.5 Å². The third-order valence-corrected chi connectivity index (χ3v) is 4.24. The van der Waals surface area contributed by atoms with E-state index in [1.807, 2.05) is 11.8 Å². The second-order valence-electron chi connectivity index (χ2n) is 5.15. The van der Waals surface area contributed by atoms with Gasteiger partial charge in [0.2, 0.25) is 15.9 Å². The molecule has 19 heavy (non-hydrogen) atoms. The van der Waals surface area contributed by atoms with Gasteiger partial charge >= 0.3 is 0 Å². The lowest BCUT2D eigenvalue weighted by molar-refractivity contribution is -0.136. The molecule has 6 nitrogen and oxygen atoms in total. The summed E-state index contributed by atoms with van der Waals surface area (Å²) in [7, 11) is -3.16. The summed E-state index contributed by atoms with van der Waals surface area (Å²) in [5.41, 5.74) is 5.80. The van der Waals surface area contributed by atoms with E-state index in [1.165, 1.54) is 0 Å². The predicted octanol–water partition coefficient (Wildman–Crippen LogP) is 0.0441. The number of piperidine rings is 1. The highest BCUT2D eigenvalue weighted by molar-refractivity contribution is 7.88. The lowest BCUT2D eigenvalue weighted by Crippen LogP contribution is -2.51. The van der Waals surface area contributed by atoms with Crippen LogP contribution >= 0.6 is 0 Å². The van der Waals surface area contributed by atoms with Crippen LogP contribution in [0.4, 0.5) is 0 Å². The fraction of sp³-hybridized carbons (Fsp3) is 0.917. The highest BCUT2D eigenvalue weighted by Gasteiger charge is 2.28. The monoisotopic (exact) mass is 291 g/mol. The van der Waals surface area contributed by atoms with Crippen molar-refractivity contribution in [1.82, 2.24) is 9.62 Å². The van der Waals surface area contributed by atoms with E-state index in [-0.39, 0.29) is 11.9 Å². The number of carbonyl (C=O) groups is 1. The second kappa shape index (κ2) is 7.21. The number of carbonyl (C=O) groups excluding carboxylic acids is 1. The third kappa shape index (κ3) is 5.46. The average Bonchev–Trinajstić information content (AvgIpc) is 2.36. The van der Waals surface area contributed by atoms with Crippen molar-refractivity contribution in [2.75, 3.05) is 19.3 Å². The van der Waals surface area contributed by atoms with Gasteiger partial charge in [0.05, 0.1) is 12.3 Å². The zero-order chi connectivity index (χ0) is 14.5. The number of hydrogen-bond acceptors (Lipinski definition) is 4. The van der Waals surface area contributed by atoms with E-state index in [2.05, 4.69) is 4.72 Å². The molecule has 0 bridgehead atoms. The van der Waals surface area contributed by atoms with Crippen LogP contribution in [0.25, 0.3) is 0 Å². The van der Waals surface area contributed by atoms with Crippen molar-refractivity contribution in [3.63, 3.8) is 0 Å². The Bertz CT molecular complexity index is 397. The number of hydrogen-bond donors (Lipinski definition) is 2. The van der Waals surface area contributed by atoms with Gasteiger partial charge in [0.25, 0.3) is 0 Å². The first-order chi connectivity index (χ1) is 8.85. The minimum absolute atomic E-state index is 0.00782. The van der Waals surface area contributed by atoms with Gasteiger partial charge in [-0.3, -0.25) is 4.79 Å². The molecule has 1 heterocycles. The Morgan fingerprint density at radius 3 is 2.74 bits per heavy atom. The van der Waals surface area contributed by atoms with Crippen LogP contribution in [0.5, 0.6) is 0 Å². The average molecular weight is 291 g/mol. The first-order valence-corrected chi connectivity index (χ1v) is 8.75. The summed E-state index contributed by atoms with van der Waals surface area (Å²) in [5, 5.41) is 0. The van der Waals surface area contributed by atoms with Crippen molar-refractivity contribution in [3.8, 4) is 0 Å². The standard InChI is InChI=1S/C12H25N3O3S/c1-3-11(13)12(16)15-9-5-4-6-10(15)7-8-14-19(2,17)18/h10-11,14H,3-9,13H2,1-2H3/t10?,11-/m1/s1. The molecular weight excluding hydrogens is 266 g/mol. The highest BCUT2D eigenvalue weighted by atomic mass is 32.2. The molecule has 1 aliphatic heterocycles. The van der Waals surface area contributed by atoms with E-state index >= 15 is 0 Å². The van der Waals surface area contributed by atoms with Crippen molar-refractivity contribution in [2.45, 2.75) is 51.1 Å². The smallest absolute Gasteiger partial charge is 0.239 e. The number of amides is 1. The zero-order valence-electron chi connectivity index (χ0n) is 11.8. The largest absolute Gasteiger partial charge is 0.338 e. The zero-order valence-corrected chi connectivity index (χ0v) is 12.6. The fourth-order valence-electron chi connectivity index (χ4n) is 2.39. The van der Waals surface area contributed by atoms with Gasteiger partial charge in [0, 0.05) is 19.1 Å². The molecule has 3 N–H and O–H groups in total. The normalized spacial score (nSPS) is 22.3. The summed E-state index contributed by atoms with van der Waals surface area (Å²) >= 11 is 0. The number of sulfonamides is 1. The Morgan fingerprint density at radius 2 is 2.16 bits per heavy atom. The predicted molar refractivity (Wildman–Crippen MR) is 75.1 cm³/mol. The van der Waals surface area contributed by atoms with Crippen LogP contribution in [0, 0.1) is 0 Å². The fourth-order valence-corrected chi connectivity index (χ4v) is 2.88. The number of nitrogens with zero attached hydrogens (tertiary/aromatic N) is 1. The molecule has 0 saturated carbocycles. The highest BCUT2D eigenvalue weighted by Crippen LogP contribution is 2.20. The third-order valence-electron chi connectivity index (χ3n) is 3.51. The number of likely N-dealkylation sites (tertiary alicyclic amines) is 1. The minimum atomic E-state index is -3.16. The Kier molecular flexibility index (Phi) is 6.22. The molecule has 0 radical (unpaired) electrons. The van der Waals surface area contributed by atoms with E-state index in [1.54, 1.807) is 0 Å². The molecule has 7 heteroatoms. The molecule has 1 aliphatic rings. The first-order valence-electron chi connectivity index (χ1n) is 6.86. The maximum absolute atomic E-state index is 12.2. The Balaban J connectivity index is 2.55. The van der Waals surface area contributed by atoms with Crippen LogP contribution in [-0.2, 0) is 14.8 Å². The van der Waals surface area contributed by atoms with Gasteiger partial charge in [0.15, 0.2) is 0 Å². The molecule has 1 fully saturated rings. The van der Waals surface area contributed by atoms with Crippen molar-refractivity contribution in [1.29, 1.82) is 0 Å². The lowest BCUT2D eigenvalue weighted by Gasteiger charge is -2.37. The molecule has 1 unspecified atom stereocenters. The number of nitrogens with one attached hydrogen (secondary N) is 1. The van der Waals surface area contributed by atoms with Crippen molar-refractivity contribution in [2.24, 2.45) is 5.73 Å². The van der Waals surface area contributed by atoms with Gasteiger partial charge in [-0.05, 0) is 32.1 Å². The number of rotatable bonds is 6. The van der Waals surface area contributed by atoms with Gasteiger partial charge in [-0.2, -0.15) is 0 Å². The molecule has 112 valence electrons. The molecule has 0 spiro atoms. The van der Waals surface area contributed by atoms with Crippen molar-refractivity contribution in [3.05, 3.63) is 0 Å². The minimum Gasteiger partial charge on any atom is -0.338 e. The quantitative estimate of drug-likeness (QED) is 0.723. The van der Waals surface area contributed by atoms with Crippen LogP contribution in [0.1, 0.15) is 39.0 Å². The molecule has 1 amide bonds. The Hall–Kier alpha value is -0.660. The van der Waals surface area contributed by atoms with E-state index in [9.17, 15) is 13.2 Å². The maximum atomic E-state index is 12.2. The molecule has 0 aromatic carbocycles. The van der Waals surface area contributed by atoms with Gasteiger partial charge in [-0.15, -0.1) is 0 Å². The van der Waals surface area contributed by atoms with E-state index in [0.717, 1.165) is 32.1 Å². The summed E-state index contributed by atoms with van der Waals surface area (Å²) in [5.74, 6) is -0.00782. The van der Waals surface area contributed by atoms with Crippen molar-refractivity contribution >= 4 is 15.9 Å². The maximum Gasteiger partial charge on any atom is 0.239 e. The Morgan fingerprint density at radius 1 is 1.47 bits per heavy atom. The van der Waals surface area contributed by atoms with Crippen molar-refractivity contribution < 1.29 is 13.2 Å². The second-order valence-corrected chi connectivity index (χ2v) is 6.98. The van der Waals surface area contributed by atoms with Gasteiger partial charge in [-0.1, -0.05) is 6.92 Å². The number of nitrogens with two attached hydrogens (primary N) is 1. The van der Waals surface area contributed by atoms with Crippen LogP contribution in [-0.4, -0.2) is 50.7 Å². The van der Waals surface area contributed by atoms with Crippen LogP contribution < -0.4 is 10.5 Å². The van der Waals surface area contributed by atoms with Gasteiger partial charge < -0.3 is 10.6 Å². The van der Waals surface area contributed by atoms with E-state index in [0.29, 0.717) is 19.4 Å². The van der Waals surface area contributed by atoms with Crippen LogP contribution in [0.2, 0.25) is 0 Å². The van der Waals surface area contributed by atoms with Gasteiger partial charge in [0.1, 0.15) is 0 Å². The molecule has 0 aromatic rings. The SMILES string of the molecule is CC[C@@H](N)C(=O)N1CCCCC1CCNS(C)(=O)=O. The van der Waals surface area contributed by atoms with E-state index in [4.69, 9.17) is 5.73 Å². The molecular formula is C12H25N3O3S. The summed E-state index contributed by atoms with van der Waals surface area (Å²) in [4.78, 5) is 14.0. The lowest BCUT2D eigenvalue weighted by atomic mass is 9.98. The molecule has 1 saturated heterocycles. The summed E-state index contributed by atoms with van der Waals surface area (Å²) < 4.78 is 24.5. The summed E-state index contributed by atoms with van der Waals surface area (Å²) in [6.45, 7) is 3.00. The van der Waals surface area contributed by atoms with E-state index < -0.39 is 16.1 Å². The molecule has 1 rings (SSSR count). The summed E-state index contributed by atoms with van der Waals surface area (Å²) in [6, 6.07) is -0.337. The molecule has 0 aliphatic carbocycles. The first kappa shape index (κ1) is 16.4. The summed E-state index contributed by atoms with van der Waals surface area (Å²) in [6.07, 6.45) is 5.42. The van der Waals surface area contributed by atoms with Crippen LogP contribution in [0.15, 0.2) is 0 Å². The Labute approximate surface area is 115 Å². The molecule has 2 atom stereocenters. The van der Waals surface area contributed by atoms with Gasteiger partial charge in [-0.25, -0.2) is 13.1 Å². The molecule has 0 aromatic heterocycles.